The fourth-order valence-corrected chi connectivity index (χ4v) is 3.50. The number of fused-ring (bicyclic) bond motifs is 1. The molecule has 24 heavy (non-hydrogen) atoms. The van der Waals surface area contributed by atoms with Crippen LogP contribution in [-0.2, 0) is 7.05 Å². The molecule has 1 aliphatic carbocycles. The van der Waals surface area contributed by atoms with Crippen LogP contribution in [0, 0.1) is 12.8 Å². The SMILES string of the molecule is COc1c(C(=O)NCC2CCCCC2O)cnc2c1c(C)nn2C. The molecule has 7 nitrogen and oxygen atoms in total. The van der Waals surface area contributed by atoms with E-state index in [0.717, 1.165) is 36.8 Å². The molecule has 2 aromatic rings. The fraction of sp³-hybridized carbons (Fsp3) is 0.588. The Kier molecular flexibility index (Phi) is 4.71. The smallest absolute Gasteiger partial charge is 0.256 e. The molecule has 1 fully saturated rings. The number of pyridine rings is 1. The third-order valence-electron chi connectivity index (χ3n) is 4.82. The lowest BCUT2D eigenvalue weighted by Crippen LogP contribution is -2.36. The highest BCUT2D eigenvalue weighted by Gasteiger charge is 2.25. The second-order valence-corrected chi connectivity index (χ2v) is 6.43. The molecule has 1 aliphatic rings. The molecule has 3 rings (SSSR count). The number of aliphatic hydroxyl groups excluding tert-OH is 1. The van der Waals surface area contributed by atoms with Crippen molar-refractivity contribution in [1.29, 1.82) is 0 Å². The van der Waals surface area contributed by atoms with Gasteiger partial charge in [0.2, 0.25) is 0 Å². The van der Waals surface area contributed by atoms with Crippen molar-refractivity contribution in [2.45, 2.75) is 38.7 Å². The average Bonchev–Trinajstić information content (AvgIpc) is 2.87. The van der Waals surface area contributed by atoms with Gasteiger partial charge < -0.3 is 15.2 Å². The first-order chi connectivity index (χ1) is 11.5. The van der Waals surface area contributed by atoms with Gasteiger partial charge in [0.05, 0.1) is 24.3 Å². The topological polar surface area (TPSA) is 89.3 Å². The van der Waals surface area contributed by atoms with E-state index in [9.17, 15) is 9.90 Å². The molecule has 2 unspecified atom stereocenters. The number of ether oxygens (including phenoxy) is 1. The summed E-state index contributed by atoms with van der Waals surface area (Å²) in [4.78, 5) is 16.9. The number of methoxy groups -OCH3 is 1. The minimum absolute atomic E-state index is 0.116. The van der Waals surface area contributed by atoms with E-state index in [4.69, 9.17) is 4.74 Å². The van der Waals surface area contributed by atoms with Crippen LogP contribution < -0.4 is 10.1 Å². The van der Waals surface area contributed by atoms with Crippen molar-refractivity contribution in [3.63, 3.8) is 0 Å². The van der Waals surface area contributed by atoms with E-state index in [2.05, 4.69) is 15.4 Å². The third-order valence-corrected chi connectivity index (χ3v) is 4.82. The molecular formula is C17H24N4O3. The number of aryl methyl sites for hydroxylation is 2. The summed E-state index contributed by atoms with van der Waals surface area (Å²) < 4.78 is 7.16. The predicted molar refractivity (Wildman–Crippen MR) is 90.1 cm³/mol. The van der Waals surface area contributed by atoms with Crippen molar-refractivity contribution < 1.29 is 14.6 Å². The van der Waals surface area contributed by atoms with Crippen molar-refractivity contribution in [3.8, 4) is 5.75 Å². The van der Waals surface area contributed by atoms with Gasteiger partial charge in [0.25, 0.3) is 5.91 Å². The van der Waals surface area contributed by atoms with Crippen LogP contribution in [-0.4, -0.2) is 45.5 Å². The molecule has 0 aromatic carbocycles. The van der Waals surface area contributed by atoms with E-state index < -0.39 is 0 Å². The van der Waals surface area contributed by atoms with Crippen LogP contribution in [0.2, 0.25) is 0 Å². The summed E-state index contributed by atoms with van der Waals surface area (Å²) in [6.45, 7) is 2.33. The predicted octanol–water partition coefficient (Wildman–Crippen LogP) is 1.57. The highest BCUT2D eigenvalue weighted by Crippen LogP contribution is 2.30. The first-order valence-electron chi connectivity index (χ1n) is 8.35. The number of hydrogen-bond donors (Lipinski definition) is 2. The quantitative estimate of drug-likeness (QED) is 0.887. The van der Waals surface area contributed by atoms with Crippen molar-refractivity contribution in [2.24, 2.45) is 13.0 Å². The number of aromatic nitrogens is 3. The van der Waals surface area contributed by atoms with Gasteiger partial charge in [0, 0.05) is 25.7 Å². The highest BCUT2D eigenvalue weighted by molar-refractivity contribution is 6.02. The Morgan fingerprint density at radius 1 is 1.46 bits per heavy atom. The molecule has 2 aromatic heterocycles. The maximum absolute atomic E-state index is 12.6. The number of rotatable bonds is 4. The first-order valence-corrected chi connectivity index (χ1v) is 8.35. The Balaban J connectivity index is 1.83. The van der Waals surface area contributed by atoms with Gasteiger partial charge in [-0.1, -0.05) is 12.8 Å². The second kappa shape index (κ2) is 6.76. The standard InChI is InChI=1S/C17H24N4O3/c1-10-14-15(24-3)12(9-18-16(14)21(2)20-10)17(23)19-8-11-6-4-5-7-13(11)22/h9,11,13,22H,4-8H2,1-3H3,(H,19,23). The van der Waals surface area contributed by atoms with Crippen LogP contribution >= 0.6 is 0 Å². The molecular weight excluding hydrogens is 308 g/mol. The van der Waals surface area contributed by atoms with Crippen molar-refractivity contribution in [1.82, 2.24) is 20.1 Å². The molecule has 0 bridgehead atoms. The zero-order chi connectivity index (χ0) is 17.3. The first kappa shape index (κ1) is 16.7. The van der Waals surface area contributed by atoms with Crippen LogP contribution in [0.4, 0.5) is 0 Å². The molecule has 2 atom stereocenters. The number of hydrogen-bond acceptors (Lipinski definition) is 5. The monoisotopic (exact) mass is 332 g/mol. The molecule has 2 N–H and O–H groups in total. The van der Waals surface area contributed by atoms with Crippen LogP contribution in [0.3, 0.4) is 0 Å². The molecule has 7 heteroatoms. The zero-order valence-electron chi connectivity index (χ0n) is 14.4. The number of nitrogens with zero attached hydrogens (tertiary/aromatic N) is 3. The zero-order valence-corrected chi connectivity index (χ0v) is 14.4. The van der Waals surface area contributed by atoms with E-state index in [1.165, 1.54) is 6.20 Å². The Hall–Kier alpha value is -2.15. The molecule has 0 aliphatic heterocycles. The Morgan fingerprint density at radius 3 is 2.92 bits per heavy atom. The summed E-state index contributed by atoms with van der Waals surface area (Å²) in [5.74, 6) is 0.375. The second-order valence-electron chi connectivity index (χ2n) is 6.43. The number of amides is 1. The average molecular weight is 332 g/mol. The Morgan fingerprint density at radius 2 is 2.21 bits per heavy atom. The maximum atomic E-state index is 12.6. The Bertz CT molecular complexity index is 756. The van der Waals surface area contributed by atoms with Crippen molar-refractivity contribution in [2.75, 3.05) is 13.7 Å². The van der Waals surface area contributed by atoms with E-state index in [0.29, 0.717) is 23.5 Å². The highest BCUT2D eigenvalue weighted by atomic mass is 16.5. The van der Waals surface area contributed by atoms with Gasteiger partial charge in [0.15, 0.2) is 5.65 Å². The van der Waals surface area contributed by atoms with Gasteiger partial charge in [0.1, 0.15) is 11.3 Å². The summed E-state index contributed by atoms with van der Waals surface area (Å²) in [6, 6.07) is 0. The van der Waals surface area contributed by atoms with E-state index in [1.807, 2.05) is 14.0 Å². The lowest BCUT2D eigenvalue weighted by atomic mass is 9.86. The lowest BCUT2D eigenvalue weighted by molar-refractivity contribution is 0.0662. The summed E-state index contributed by atoms with van der Waals surface area (Å²) in [5.41, 5.74) is 1.85. The van der Waals surface area contributed by atoms with Gasteiger partial charge in [-0.3, -0.25) is 9.48 Å². The summed E-state index contributed by atoms with van der Waals surface area (Å²) in [6.07, 6.45) is 5.10. The van der Waals surface area contributed by atoms with Gasteiger partial charge in [-0.25, -0.2) is 4.98 Å². The van der Waals surface area contributed by atoms with Crippen LogP contribution in [0.5, 0.6) is 5.75 Å². The van der Waals surface area contributed by atoms with E-state index in [-0.39, 0.29) is 17.9 Å². The molecule has 2 heterocycles. The molecule has 0 spiro atoms. The summed E-state index contributed by atoms with van der Waals surface area (Å²) in [5, 5.41) is 18.0. The van der Waals surface area contributed by atoms with Crippen LogP contribution in [0.15, 0.2) is 6.20 Å². The molecule has 1 saturated carbocycles. The number of nitrogens with one attached hydrogen (secondary N) is 1. The van der Waals surface area contributed by atoms with E-state index in [1.54, 1.807) is 11.8 Å². The molecule has 130 valence electrons. The van der Waals surface area contributed by atoms with Crippen molar-refractivity contribution in [3.05, 3.63) is 17.5 Å². The van der Waals surface area contributed by atoms with Gasteiger partial charge in [-0.05, 0) is 19.8 Å². The lowest BCUT2D eigenvalue weighted by Gasteiger charge is -2.27. The molecule has 0 radical (unpaired) electrons. The number of carbonyl (C=O) groups excluding carboxylic acids is 1. The number of aliphatic hydroxyl groups is 1. The van der Waals surface area contributed by atoms with Gasteiger partial charge in [-0.15, -0.1) is 0 Å². The largest absolute Gasteiger partial charge is 0.495 e. The summed E-state index contributed by atoms with van der Waals surface area (Å²) >= 11 is 0. The van der Waals surface area contributed by atoms with E-state index >= 15 is 0 Å². The third kappa shape index (κ3) is 2.96. The number of carbonyl (C=O) groups is 1. The summed E-state index contributed by atoms with van der Waals surface area (Å²) in [7, 11) is 3.36. The minimum Gasteiger partial charge on any atom is -0.495 e. The maximum Gasteiger partial charge on any atom is 0.256 e. The fourth-order valence-electron chi connectivity index (χ4n) is 3.50. The Labute approximate surface area is 141 Å². The van der Waals surface area contributed by atoms with Crippen molar-refractivity contribution >= 4 is 16.9 Å². The van der Waals surface area contributed by atoms with Gasteiger partial charge in [-0.2, -0.15) is 5.10 Å². The van der Waals surface area contributed by atoms with Crippen LogP contribution in [0.25, 0.3) is 11.0 Å². The minimum atomic E-state index is -0.331. The normalized spacial score (nSPS) is 21.0. The van der Waals surface area contributed by atoms with Gasteiger partial charge >= 0.3 is 0 Å². The molecule has 1 amide bonds. The van der Waals surface area contributed by atoms with Crippen LogP contribution in [0.1, 0.15) is 41.7 Å². The molecule has 0 saturated heterocycles.